The molecule has 26 heavy (non-hydrogen) atoms. The third-order valence-corrected chi connectivity index (χ3v) is 3.63. The number of ether oxygens (including phenoxy) is 1. The minimum atomic E-state index is -0.296. The van der Waals surface area contributed by atoms with Crippen LogP contribution in [0.4, 0.5) is 5.69 Å². The number of hydrogen-bond acceptors (Lipinski definition) is 3. The maximum absolute atomic E-state index is 12.1. The number of aryl methyl sites for hydroxylation is 1. The largest absolute Gasteiger partial charge is 0.483 e. The van der Waals surface area contributed by atoms with E-state index in [9.17, 15) is 9.59 Å². The Morgan fingerprint density at radius 2 is 1.65 bits per heavy atom. The summed E-state index contributed by atoms with van der Waals surface area (Å²) >= 11 is 0. The van der Waals surface area contributed by atoms with Crippen molar-refractivity contribution < 1.29 is 14.3 Å². The van der Waals surface area contributed by atoms with Gasteiger partial charge in [-0.05, 0) is 63.1 Å². The summed E-state index contributed by atoms with van der Waals surface area (Å²) < 4.78 is 5.60. The van der Waals surface area contributed by atoms with Gasteiger partial charge in [0, 0.05) is 16.8 Å². The maximum atomic E-state index is 12.1. The minimum absolute atomic E-state index is 0.0662. The van der Waals surface area contributed by atoms with Crippen LogP contribution in [0.25, 0.3) is 0 Å². The molecule has 5 nitrogen and oxygen atoms in total. The second kappa shape index (κ2) is 8.52. The summed E-state index contributed by atoms with van der Waals surface area (Å²) in [5.74, 6) is 0.331. The lowest BCUT2D eigenvalue weighted by Gasteiger charge is -2.20. The third kappa shape index (κ3) is 5.92. The van der Waals surface area contributed by atoms with Crippen LogP contribution in [0.5, 0.6) is 5.75 Å². The van der Waals surface area contributed by atoms with Gasteiger partial charge in [-0.3, -0.25) is 9.59 Å². The summed E-state index contributed by atoms with van der Waals surface area (Å²) in [7, 11) is 0. The monoisotopic (exact) mass is 354 g/mol. The highest BCUT2D eigenvalue weighted by Crippen LogP contribution is 2.18. The molecular formula is C21H26N2O3. The van der Waals surface area contributed by atoms with Gasteiger partial charge in [-0.2, -0.15) is 0 Å². The van der Waals surface area contributed by atoms with Crippen molar-refractivity contribution >= 4 is 17.5 Å². The summed E-state index contributed by atoms with van der Waals surface area (Å²) in [6.07, 6.45) is 0.843. The summed E-state index contributed by atoms with van der Waals surface area (Å²) in [4.78, 5) is 24.2. The molecule has 0 saturated carbocycles. The zero-order valence-electron chi connectivity index (χ0n) is 15.8. The fraction of sp³-hybridized carbons (Fsp3) is 0.333. The molecule has 0 heterocycles. The molecule has 2 aromatic rings. The van der Waals surface area contributed by atoms with Crippen LogP contribution in [0.15, 0.2) is 48.5 Å². The summed E-state index contributed by atoms with van der Waals surface area (Å²) in [5.41, 5.74) is 1.94. The van der Waals surface area contributed by atoms with E-state index in [-0.39, 0.29) is 24.0 Å². The van der Waals surface area contributed by atoms with Crippen molar-refractivity contribution in [3.05, 3.63) is 59.7 Å². The van der Waals surface area contributed by atoms with Crippen LogP contribution in [0, 0.1) is 0 Å². The number of carbonyl (C=O) groups excluding carboxylic acids is 2. The second-order valence-corrected chi connectivity index (χ2v) is 7.08. The van der Waals surface area contributed by atoms with E-state index in [0.29, 0.717) is 11.3 Å². The number of carbonyl (C=O) groups is 2. The van der Waals surface area contributed by atoms with Crippen LogP contribution in [0.2, 0.25) is 0 Å². The lowest BCUT2D eigenvalue weighted by atomic mass is 10.1. The Hall–Kier alpha value is -2.82. The van der Waals surface area contributed by atoms with Crippen molar-refractivity contribution in [1.29, 1.82) is 0 Å². The number of anilines is 1. The van der Waals surface area contributed by atoms with Crippen molar-refractivity contribution in [2.45, 2.75) is 39.7 Å². The van der Waals surface area contributed by atoms with Crippen LogP contribution in [-0.4, -0.2) is 24.0 Å². The van der Waals surface area contributed by atoms with Crippen LogP contribution in [-0.2, 0) is 11.2 Å². The third-order valence-electron chi connectivity index (χ3n) is 3.63. The molecule has 0 unspecified atom stereocenters. The number of amides is 2. The van der Waals surface area contributed by atoms with Gasteiger partial charge in [0.1, 0.15) is 5.75 Å². The Balaban J connectivity index is 1.90. The Kier molecular flexibility index (Phi) is 6.39. The lowest BCUT2D eigenvalue weighted by molar-refractivity contribution is -0.118. The Labute approximate surface area is 154 Å². The van der Waals surface area contributed by atoms with Gasteiger partial charge >= 0.3 is 0 Å². The molecule has 0 bridgehead atoms. The minimum Gasteiger partial charge on any atom is -0.483 e. The molecule has 0 aliphatic heterocycles. The normalized spacial score (nSPS) is 10.9. The standard InChI is InChI=1S/C21H26N2O3/c1-5-15-8-6-7-9-18(15)26-14-19(24)22-17-12-10-16(11-13-17)20(25)23-21(2,3)4/h6-13H,5,14H2,1-4H3,(H,22,24)(H,23,25). The number of nitrogens with one attached hydrogen (secondary N) is 2. The Bertz CT molecular complexity index is 762. The predicted octanol–water partition coefficient (Wildman–Crippen LogP) is 3.79. The summed E-state index contributed by atoms with van der Waals surface area (Å²) in [6, 6.07) is 14.4. The van der Waals surface area contributed by atoms with E-state index in [1.54, 1.807) is 24.3 Å². The molecule has 0 radical (unpaired) electrons. The molecule has 0 aliphatic carbocycles. The molecule has 2 N–H and O–H groups in total. The Morgan fingerprint density at radius 1 is 1.00 bits per heavy atom. The molecule has 0 saturated heterocycles. The van der Waals surface area contributed by atoms with E-state index in [1.807, 2.05) is 52.0 Å². The molecule has 5 heteroatoms. The van der Waals surface area contributed by atoms with Crippen molar-refractivity contribution in [2.24, 2.45) is 0 Å². The lowest BCUT2D eigenvalue weighted by Crippen LogP contribution is -2.40. The van der Waals surface area contributed by atoms with Gasteiger partial charge in [-0.15, -0.1) is 0 Å². The van der Waals surface area contributed by atoms with Crippen molar-refractivity contribution in [1.82, 2.24) is 5.32 Å². The molecule has 0 aliphatic rings. The first-order valence-electron chi connectivity index (χ1n) is 8.71. The average Bonchev–Trinajstić information content (AvgIpc) is 2.59. The highest BCUT2D eigenvalue weighted by Gasteiger charge is 2.15. The number of hydrogen-bond donors (Lipinski definition) is 2. The van der Waals surface area contributed by atoms with Crippen LogP contribution in [0.1, 0.15) is 43.6 Å². The highest BCUT2D eigenvalue weighted by molar-refractivity contribution is 5.96. The maximum Gasteiger partial charge on any atom is 0.262 e. The molecular weight excluding hydrogens is 328 g/mol. The van der Waals surface area contributed by atoms with Crippen LogP contribution in [0.3, 0.4) is 0 Å². The second-order valence-electron chi connectivity index (χ2n) is 7.08. The van der Waals surface area contributed by atoms with Crippen LogP contribution >= 0.6 is 0 Å². The molecule has 0 fully saturated rings. The average molecular weight is 354 g/mol. The van der Waals surface area contributed by atoms with Gasteiger partial charge in [-0.1, -0.05) is 25.1 Å². The number of para-hydroxylation sites is 1. The first-order valence-corrected chi connectivity index (χ1v) is 8.71. The van der Waals surface area contributed by atoms with Gasteiger partial charge in [0.2, 0.25) is 0 Å². The van der Waals surface area contributed by atoms with E-state index in [1.165, 1.54) is 0 Å². The molecule has 138 valence electrons. The van der Waals surface area contributed by atoms with Crippen molar-refractivity contribution in [3.8, 4) is 5.75 Å². The van der Waals surface area contributed by atoms with Crippen LogP contribution < -0.4 is 15.4 Å². The van der Waals surface area contributed by atoms with Crippen molar-refractivity contribution in [3.63, 3.8) is 0 Å². The van der Waals surface area contributed by atoms with Crippen molar-refractivity contribution in [2.75, 3.05) is 11.9 Å². The van der Waals surface area contributed by atoms with E-state index in [0.717, 1.165) is 17.7 Å². The van der Waals surface area contributed by atoms with Gasteiger partial charge < -0.3 is 15.4 Å². The van der Waals surface area contributed by atoms with Gasteiger partial charge in [0.05, 0.1) is 0 Å². The summed E-state index contributed by atoms with van der Waals surface area (Å²) in [5, 5.41) is 5.67. The van der Waals surface area contributed by atoms with E-state index >= 15 is 0 Å². The first-order chi connectivity index (χ1) is 12.3. The first kappa shape index (κ1) is 19.5. The number of benzene rings is 2. The van der Waals surface area contributed by atoms with E-state index < -0.39 is 0 Å². The SMILES string of the molecule is CCc1ccccc1OCC(=O)Nc1ccc(C(=O)NC(C)(C)C)cc1. The molecule has 0 spiro atoms. The number of rotatable bonds is 6. The molecule has 2 amide bonds. The molecule has 2 rings (SSSR count). The molecule has 0 aromatic heterocycles. The molecule has 2 aromatic carbocycles. The van der Waals surface area contributed by atoms with E-state index in [4.69, 9.17) is 4.74 Å². The summed E-state index contributed by atoms with van der Waals surface area (Å²) in [6.45, 7) is 7.76. The predicted molar refractivity (Wildman–Crippen MR) is 104 cm³/mol. The highest BCUT2D eigenvalue weighted by atomic mass is 16.5. The van der Waals surface area contributed by atoms with E-state index in [2.05, 4.69) is 10.6 Å². The zero-order valence-corrected chi connectivity index (χ0v) is 15.8. The van der Waals surface area contributed by atoms with Gasteiger partial charge in [0.15, 0.2) is 6.61 Å². The topological polar surface area (TPSA) is 67.4 Å². The quantitative estimate of drug-likeness (QED) is 0.829. The zero-order chi connectivity index (χ0) is 19.2. The Morgan fingerprint density at radius 3 is 2.27 bits per heavy atom. The fourth-order valence-electron chi connectivity index (χ4n) is 2.39. The van der Waals surface area contributed by atoms with Gasteiger partial charge in [0.25, 0.3) is 11.8 Å². The molecule has 0 atom stereocenters. The smallest absolute Gasteiger partial charge is 0.262 e. The fourth-order valence-corrected chi connectivity index (χ4v) is 2.39. The van der Waals surface area contributed by atoms with Gasteiger partial charge in [-0.25, -0.2) is 0 Å².